The van der Waals surface area contributed by atoms with Crippen molar-refractivity contribution in [1.82, 2.24) is 0 Å². The van der Waals surface area contributed by atoms with Crippen LogP contribution in [0.2, 0.25) is 0 Å². The fraction of sp³-hybridized carbons (Fsp3) is 0.167. The molecule has 0 aliphatic heterocycles. The molecule has 1 N–H and O–H groups in total. The summed E-state index contributed by atoms with van der Waals surface area (Å²) < 4.78 is 0. The summed E-state index contributed by atoms with van der Waals surface area (Å²) in [4.78, 5) is 12.9. The topological polar surface area (TPSA) is 29.1 Å². The second-order valence-corrected chi connectivity index (χ2v) is 5.98. The van der Waals surface area contributed by atoms with Gasteiger partial charge in [0, 0.05) is 16.7 Å². The zero-order valence-electron chi connectivity index (χ0n) is 12.2. The number of rotatable bonds is 5. The average Bonchev–Trinajstić information content (AvgIpc) is 2.49. The van der Waals surface area contributed by atoms with Crippen molar-refractivity contribution in [2.75, 3.05) is 5.32 Å². The van der Waals surface area contributed by atoms with Gasteiger partial charge in [0.05, 0.1) is 0 Å². The second kappa shape index (κ2) is 7.70. The van der Waals surface area contributed by atoms with E-state index in [0.717, 1.165) is 10.6 Å². The van der Waals surface area contributed by atoms with Gasteiger partial charge >= 0.3 is 0 Å². The van der Waals surface area contributed by atoms with Gasteiger partial charge in [0.15, 0.2) is 0 Å². The lowest BCUT2D eigenvalue weighted by Gasteiger charge is -2.07. The van der Waals surface area contributed by atoms with E-state index in [0.29, 0.717) is 5.92 Å². The maximum absolute atomic E-state index is 11.8. The van der Waals surface area contributed by atoms with E-state index < -0.39 is 0 Å². The standard InChI is InChI=1S/C18H19NOS/c1-14(2)15-8-10-16(11-9-15)19-18(20)12-13-21-17-6-4-3-5-7-17/h3-14H,1-2H3,(H,19,20)/b13-12+. The number of carbonyl (C=O) groups is 1. The molecular formula is C18H19NOS. The Kier molecular flexibility index (Phi) is 5.64. The number of nitrogens with one attached hydrogen (secondary N) is 1. The van der Waals surface area contributed by atoms with Crippen molar-refractivity contribution in [1.29, 1.82) is 0 Å². The van der Waals surface area contributed by atoms with E-state index >= 15 is 0 Å². The number of thioether (sulfide) groups is 1. The van der Waals surface area contributed by atoms with E-state index in [1.165, 1.54) is 17.3 Å². The third-order valence-electron chi connectivity index (χ3n) is 3.01. The highest BCUT2D eigenvalue weighted by molar-refractivity contribution is 8.02. The quantitative estimate of drug-likeness (QED) is 0.617. The Morgan fingerprint density at radius 3 is 2.33 bits per heavy atom. The molecule has 0 saturated carbocycles. The van der Waals surface area contributed by atoms with Gasteiger partial charge in [0.2, 0.25) is 5.91 Å². The molecule has 0 aromatic heterocycles. The van der Waals surface area contributed by atoms with Crippen LogP contribution in [-0.2, 0) is 4.79 Å². The summed E-state index contributed by atoms with van der Waals surface area (Å²) in [5.74, 6) is 0.382. The monoisotopic (exact) mass is 297 g/mol. The summed E-state index contributed by atoms with van der Waals surface area (Å²) >= 11 is 1.52. The molecule has 21 heavy (non-hydrogen) atoms. The Labute approximate surface area is 130 Å². The molecular weight excluding hydrogens is 278 g/mol. The fourth-order valence-electron chi connectivity index (χ4n) is 1.81. The molecule has 1 amide bonds. The first-order valence-electron chi connectivity index (χ1n) is 6.94. The van der Waals surface area contributed by atoms with Crippen molar-refractivity contribution in [3.8, 4) is 0 Å². The zero-order valence-corrected chi connectivity index (χ0v) is 13.1. The van der Waals surface area contributed by atoms with Crippen LogP contribution >= 0.6 is 11.8 Å². The minimum Gasteiger partial charge on any atom is -0.322 e. The number of anilines is 1. The lowest BCUT2D eigenvalue weighted by molar-refractivity contribution is -0.111. The molecule has 108 valence electrons. The summed E-state index contributed by atoms with van der Waals surface area (Å²) in [7, 11) is 0. The van der Waals surface area contributed by atoms with Gasteiger partial charge in [-0.1, -0.05) is 55.9 Å². The van der Waals surface area contributed by atoms with Gasteiger partial charge in [-0.2, -0.15) is 0 Å². The van der Waals surface area contributed by atoms with Crippen LogP contribution in [0, 0.1) is 0 Å². The molecule has 2 rings (SSSR count). The van der Waals surface area contributed by atoms with Gasteiger partial charge in [-0.05, 0) is 41.2 Å². The van der Waals surface area contributed by atoms with E-state index in [1.807, 2.05) is 54.6 Å². The van der Waals surface area contributed by atoms with Gasteiger partial charge in [-0.3, -0.25) is 4.79 Å². The molecule has 0 fully saturated rings. The van der Waals surface area contributed by atoms with Crippen LogP contribution in [0.4, 0.5) is 5.69 Å². The molecule has 2 aromatic rings. The smallest absolute Gasteiger partial charge is 0.248 e. The predicted molar refractivity (Wildman–Crippen MR) is 90.6 cm³/mol. The summed E-state index contributed by atoms with van der Waals surface area (Å²) in [5, 5.41) is 4.65. The van der Waals surface area contributed by atoms with E-state index in [9.17, 15) is 4.79 Å². The van der Waals surface area contributed by atoms with Gasteiger partial charge in [-0.25, -0.2) is 0 Å². The first-order valence-corrected chi connectivity index (χ1v) is 7.82. The van der Waals surface area contributed by atoms with Gasteiger partial charge in [0.1, 0.15) is 0 Å². The predicted octanol–water partition coefficient (Wildman–Crippen LogP) is 5.05. The Hall–Kier alpha value is -2.00. The molecule has 2 nitrogen and oxygen atoms in total. The minimum atomic E-state index is -0.115. The molecule has 0 atom stereocenters. The first kappa shape index (κ1) is 15.4. The second-order valence-electron chi connectivity index (χ2n) is 5.00. The Morgan fingerprint density at radius 1 is 1.05 bits per heavy atom. The summed E-state index contributed by atoms with van der Waals surface area (Å²) in [6, 6.07) is 17.9. The number of carbonyl (C=O) groups excluding carboxylic acids is 1. The molecule has 0 saturated heterocycles. The highest BCUT2D eigenvalue weighted by Crippen LogP contribution is 2.19. The van der Waals surface area contributed by atoms with E-state index in [1.54, 1.807) is 11.5 Å². The van der Waals surface area contributed by atoms with Crippen molar-refractivity contribution < 1.29 is 4.79 Å². The highest BCUT2D eigenvalue weighted by atomic mass is 32.2. The molecule has 0 aliphatic rings. The first-order chi connectivity index (χ1) is 10.1. The zero-order chi connectivity index (χ0) is 15.1. The van der Waals surface area contributed by atoms with E-state index in [-0.39, 0.29) is 5.91 Å². The summed E-state index contributed by atoms with van der Waals surface area (Å²) in [6.07, 6.45) is 1.55. The van der Waals surface area contributed by atoms with Crippen molar-refractivity contribution in [3.05, 3.63) is 71.6 Å². The van der Waals surface area contributed by atoms with Crippen LogP contribution in [0.1, 0.15) is 25.3 Å². The largest absolute Gasteiger partial charge is 0.322 e. The molecule has 2 aromatic carbocycles. The van der Waals surface area contributed by atoms with Crippen LogP contribution in [0.5, 0.6) is 0 Å². The fourth-order valence-corrected chi connectivity index (χ4v) is 2.47. The Balaban J connectivity index is 1.86. The number of hydrogen-bond acceptors (Lipinski definition) is 2. The molecule has 0 heterocycles. The van der Waals surface area contributed by atoms with Crippen molar-refractivity contribution in [2.24, 2.45) is 0 Å². The van der Waals surface area contributed by atoms with Crippen LogP contribution in [0.15, 0.2) is 71.0 Å². The summed E-state index contributed by atoms with van der Waals surface area (Å²) in [5.41, 5.74) is 2.09. The molecule has 0 bridgehead atoms. The van der Waals surface area contributed by atoms with Crippen LogP contribution in [0.25, 0.3) is 0 Å². The van der Waals surface area contributed by atoms with Crippen molar-refractivity contribution >= 4 is 23.4 Å². The van der Waals surface area contributed by atoms with Gasteiger partial charge < -0.3 is 5.32 Å². The van der Waals surface area contributed by atoms with Crippen LogP contribution in [-0.4, -0.2) is 5.91 Å². The maximum atomic E-state index is 11.8. The SMILES string of the molecule is CC(C)c1ccc(NC(=O)/C=C/Sc2ccccc2)cc1. The molecule has 0 radical (unpaired) electrons. The van der Waals surface area contributed by atoms with Crippen molar-refractivity contribution in [3.63, 3.8) is 0 Å². The van der Waals surface area contributed by atoms with Gasteiger partial charge in [0.25, 0.3) is 0 Å². The molecule has 3 heteroatoms. The lowest BCUT2D eigenvalue weighted by Crippen LogP contribution is -2.07. The average molecular weight is 297 g/mol. The van der Waals surface area contributed by atoms with Crippen molar-refractivity contribution in [2.45, 2.75) is 24.7 Å². The highest BCUT2D eigenvalue weighted by Gasteiger charge is 2.00. The number of benzene rings is 2. The molecule has 0 spiro atoms. The van der Waals surface area contributed by atoms with Gasteiger partial charge in [-0.15, -0.1) is 0 Å². The minimum absolute atomic E-state index is 0.115. The van der Waals surface area contributed by atoms with Crippen LogP contribution < -0.4 is 5.32 Å². The third-order valence-corrected chi connectivity index (χ3v) is 3.83. The normalized spacial score (nSPS) is 11.0. The summed E-state index contributed by atoms with van der Waals surface area (Å²) in [6.45, 7) is 4.30. The van der Waals surface area contributed by atoms with E-state index in [4.69, 9.17) is 0 Å². The third kappa shape index (κ3) is 5.12. The number of amides is 1. The Bertz CT molecular complexity index is 603. The van der Waals surface area contributed by atoms with E-state index in [2.05, 4.69) is 19.2 Å². The number of hydrogen-bond donors (Lipinski definition) is 1. The Morgan fingerprint density at radius 2 is 1.71 bits per heavy atom. The molecule has 0 aliphatic carbocycles. The molecule has 0 unspecified atom stereocenters. The van der Waals surface area contributed by atoms with Crippen LogP contribution in [0.3, 0.4) is 0 Å². The lowest BCUT2D eigenvalue weighted by atomic mass is 10.0. The maximum Gasteiger partial charge on any atom is 0.248 e.